The van der Waals surface area contributed by atoms with Crippen molar-refractivity contribution in [3.05, 3.63) is 36.4 Å². The van der Waals surface area contributed by atoms with Gasteiger partial charge in [-0.3, -0.25) is 24.0 Å². The Bertz CT molecular complexity index is 1120. The Labute approximate surface area is 307 Å². The first kappa shape index (κ1) is 49.2. The van der Waals surface area contributed by atoms with Crippen LogP contribution >= 0.6 is 0 Å². The molecule has 1 saturated heterocycles. The van der Waals surface area contributed by atoms with E-state index in [2.05, 4.69) is 50.6 Å². The predicted molar refractivity (Wildman–Crippen MR) is 204 cm³/mol. The minimum Gasteiger partial charge on any atom is -0.465 e. The Balaban J connectivity index is 0. The molecule has 292 valence electrons. The fourth-order valence-corrected chi connectivity index (χ4v) is 4.78. The number of nitrogens with two attached hydrogens (primary N) is 1. The van der Waals surface area contributed by atoms with Gasteiger partial charge in [-0.15, -0.1) is 0 Å². The molecule has 2 fully saturated rings. The van der Waals surface area contributed by atoms with Crippen LogP contribution in [0.15, 0.2) is 36.4 Å². The van der Waals surface area contributed by atoms with Crippen molar-refractivity contribution in [2.24, 2.45) is 23.0 Å². The lowest BCUT2D eigenvalue weighted by atomic mass is 9.80. The van der Waals surface area contributed by atoms with Gasteiger partial charge in [0.1, 0.15) is 18.6 Å². The van der Waals surface area contributed by atoms with Crippen LogP contribution in [0.2, 0.25) is 0 Å². The van der Waals surface area contributed by atoms with Crippen molar-refractivity contribution in [1.82, 2.24) is 20.9 Å². The van der Waals surface area contributed by atoms with Crippen molar-refractivity contribution in [2.75, 3.05) is 19.7 Å². The number of hydrogen-bond acceptors (Lipinski definition) is 7. The van der Waals surface area contributed by atoms with Crippen LogP contribution < -0.4 is 21.7 Å². The number of nitrogens with one attached hydrogen (secondary N) is 3. The molecule has 5 N–H and O–H groups in total. The molecule has 51 heavy (non-hydrogen) atoms. The van der Waals surface area contributed by atoms with Crippen LogP contribution in [0, 0.1) is 17.3 Å². The molecule has 3 rings (SSSR count). The number of ketones is 1. The van der Waals surface area contributed by atoms with Gasteiger partial charge in [-0.05, 0) is 43.4 Å². The minimum absolute atomic E-state index is 0.177. The molecule has 1 heterocycles. The number of nitrogens with zero attached hydrogens (tertiary/aromatic N) is 1. The molecule has 1 aliphatic heterocycles. The predicted octanol–water partition coefficient (Wildman–Crippen LogP) is 5.78. The van der Waals surface area contributed by atoms with Gasteiger partial charge in [0.2, 0.25) is 17.6 Å². The Morgan fingerprint density at radius 1 is 0.843 bits per heavy atom. The third-order valence-corrected chi connectivity index (χ3v) is 7.26. The zero-order valence-corrected chi connectivity index (χ0v) is 33.3. The van der Waals surface area contributed by atoms with Crippen LogP contribution in [0.5, 0.6) is 0 Å². The monoisotopic (exact) mass is 720 g/mol. The lowest BCUT2D eigenvalue weighted by molar-refractivity contribution is -0.143. The zero-order valence-electron chi connectivity index (χ0n) is 33.3. The highest BCUT2D eigenvalue weighted by molar-refractivity contribution is 6.37. The van der Waals surface area contributed by atoms with Gasteiger partial charge in [0.05, 0.1) is 12.6 Å². The molecule has 1 saturated carbocycles. The number of esters is 1. The number of hydrogen-bond donors (Lipinski definition) is 4. The molecule has 12 heteroatoms. The second-order valence-electron chi connectivity index (χ2n) is 14.0. The Morgan fingerprint density at radius 3 is 1.73 bits per heavy atom. The Hall–Kier alpha value is -3.96. The number of likely N-dealkylation sites (tertiary alicyclic amines) is 1. The minimum atomic E-state index is -1.11. The van der Waals surface area contributed by atoms with Gasteiger partial charge in [-0.1, -0.05) is 131 Å². The maximum Gasteiger partial charge on any atom is 0.325 e. The summed E-state index contributed by atoms with van der Waals surface area (Å²) in [5, 5.41) is 7.63. The van der Waals surface area contributed by atoms with Gasteiger partial charge in [-0.25, -0.2) is 4.79 Å². The molecule has 3 unspecified atom stereocenters. The summed E-state index contributed by atoms with van der Waals surface area (Å²) in [4.78, 5) is 75.9. The highest BCUT2D eigenvalue weighted by Crippen LogP contribution is 2.31. The van der Waals surface area contributed by atoms with Gasteiger partial charge < -0.3 is 31.3 Å². The third kappa shape index (κ3) is 21.8. The van der Waals surface area contributed by atoms with E-state index in [0.717, 1.165) is 25.2 Å². The molecular weight excluding hydrogens is 650 g/mol. The molecule has 3 atom stereocenters. The molecule has 12 nitrogen and oxygen atoms in total. The number of urea groups is 1. The van der Waals surface area contributed by atoms with Crippen LogP contribution in [0.3, 0.4) is 0 Å². The molecule has 0 spiro atoms. The van der Waals surface area contributed by atoms with Crippen molar-refractivity contribution in [2.45, 2.75) is 139 Å². The van der Waals surface area contributed by atoms with Crippen LogP contribution in [0.25, 0.3) is 0 Å². The molecule has 1 aromatic carbocycles. The average molecular weight is 720 g/mol. The van der Waals surface area contributed by atoms with E-state index in [-0.39, 0.29) is 19.1 Å². The number of amides is 5. The Morgan fingerprint density at radius 2 is 1.33 bits per heavy atom. The molecular formula is C39H69N5O7. The first-order valence-corrected chi connectivity index (χ1v) is 18.6. The van der Waals surface area contributed by atoms with Crippen LogP contribution in [0.4, 0.5) is 4.79 Å². The summed E-state index contributed by atoms with van der Waals surface area (Å²) in [6, 6.07) is 8.41. The fraction of sp³-hybridized carbons (Fsp3) is 0.692. The lowest BCUT2D eigenvalue weighted by Crippen LogP contribution is -2.60. The second kappa shape index (κ2) is 27.7. The smallest absolute Gasteiger partial charge is 0.325 e. The van der Waals surface area contributed by atoms with E-state index in [1.807, 2.05) is 50.2 Å². The lowest BCUT2D eigenvalue weighted by Gasteiger charge is -2.36. The van der Waals surface area contributed by atoms with Crippen molar-refractivity contribution in [3.8, 4) is 0 Å². The normalized spacial score (nSPS) is 15.8. The topological polar surface area (TPSA) is 177 Å². The van der Waals surface area contributed by atoms with Crippen molar-refractivity contribution < 1.29 is 33.5 Å². The number of benzene rings is 1. The van der Waals surface area contributed by atoms with E-state index in [1.54, 1.807) is 27.7 Å². The van der Waals surface area contributed by atoms with Gasteiger partial charge in [-0.2, -0.15) is 0 Å². The molecule has 0 radical (unpaired) electrons. The van der Waals surface area contributed by atoms with Gasteiger partial charge in [0.25, 0.3) is 5.91 Å². The quantitative estimate of drug-likeness (QED) is 0.166. The van der Waals surface area contributed by atoms with E-state index in [9.17, 15) is 28.8 Å². The van der Waals surface area contributed by atoms with Crippen molar-refractivity contribution in [1.29, 1.82) is 0 Å². The van der Waals surface area contributed by atoms with E-state index in [4.69, 9.17) is 10.5 Å². The summed E-state index contributed by atoms with van der Waals surface area (Å²) in [6.07, 6.45) is 5.40. The van der Waals surface area contributed by atoms with Gasteiger partial charge in [0.15, 0.2) is 0 Å². The van der Waals surface area contributed by atoms with E-state index >= 15 is 0 Å². The summed E-state index contributed by atoms with van der Waals surface area (Å²) in [6.45, 7) is 21.8. The molecule has 0 bridgehead atoms. The Kier molecular flexibility index (Phi) is 26.7. The average Bonchev–Trinajstić information content (AvgIpc) is 3.55. The fourth-order valence-electron chi connectivity index (χ4n) is 4.78. The van der Waals surface area contributed by atoms with Gasteiger partial charge in [0, 0.05) is 6.54 Å². The number of carbonyl (C=O) groups is 6. The number of ether oxygens (including phenoxy) is 1. The SMILES string of the molecule is CC.CC(C)C.CCC.CCOC(=O)CNC(=O)NC(C(=O)N1CCCC1C(=O)NC(CC1CCC1)C(=O)C(N)=O)C(C)(C)C.c1ccccc1. The zero-order chi connectivity index (χ0) is 39.6. The number of primary amides is 1. The number of carbonyl (C=O) groups excluding carboxylic acids is 6. The standard InChI is InChI=1S/C24H39N5O7.C6H6.C4H10.C3H8.C2H6/c1-5-36-17(30)13-26-23(35)28-19(24(2,3)4)22(34)29-11-7-10-16(29)21(33)27-15(18(31)20(25)32)12-14-8-6-9-14;1-2-4-6-5-3-1;1-4(2)3;1-3-2;1-2/h14-16,19H,5-13H2,1-4H3,(H2,25,32)(H,27,33)(H2,26,28,35);1-6H;4H,1-3H3;3H2,1-2H3;1-2H3. The first-order valence-electron chi connectivity index (χ1n) is 18.6. The van der Waals surface area contributed by atoms with Gasteiger partial charge >= 0.3 is 12.0 Å². The van der Waals surface area contributed by atoms with Crippen molar-refractivity contribution >= 4 is 35.5 Å². The van der Waals surface area contributed by atoms with Crippen LogP contribution in [0.1, 0.15) is 121 Å². The van der Waals surface area contributed by atoms with Crippen LogP contribution in [-0.4, -0.2) is 78.2 Å². The summed E-state index contributed by atoms with van der Waals surface area (Å²) in [5.41, 5.74) is 4.48. The second-order valence-corrected chi connectivity index (χ2v) is 14.0. The first-order chi connectivity index (χ1) is 24.0. The maximum atomic E-state index is 13.5. The maximum absolute atomic E-state index is 13.5. The highest BCUT2D eigenvalue weighted by Gasteiger charge is 2.43. The van der Waals surface area contributed by atoms with Crippen molar-refractivity contribution in [3.63, 3.8) is 0 Å². The highest BCUT2D eigenvalue weighted by atomic mass is 16.5. The summed E-state index contributed by atoms with van der Waals surface area (Å²) >= 11 is 0. The summed E-state index contributed by atoms with van der Waals surface area (Å²) in [5.74, 6) is -2.47. The summed E-state index contributed by atoms with van der Waals surface area (Å²) in [7, 11) is 0. The van der Waals surface area contributed by atoms with Crippen LogP contribution in [-0.2, 0) is 28.7 Å². The van der Waals surface area contributed by atoms with E-state index < -0.39 is 59.0 Å². The molecule has 1 aliphatic carbocycles. The molecule has 2 aliphatic rings. The number of rotatable bonds is 11. The molecule has 0 aromatic heterocycles. The molecule has 1 aromatic rings. The van der Waals surface area contributed by atoms with E-state index in [0.29, 0.717) is 25.8 Å². The summed E-state index contributed by atoms with van der Waals surface area (Å²) < 4.78 is 4.78. The molecule has 5 amide bonds. The third-order valence-electron chi connectivity index (χ3n) is 7.26. The largest absolute Gasteiger partial charge is 0.465 e. The number of Topliss-reactive ketones (excluding diaryl/α,β-unsaturated/α-hetero) is 1. The van der Waals surface area contributed by atoms with E-state index in [1.165, 1.54) is 11.3 Å².